The molecule has 1 aliphatic heterocycles. The Balaban J connectivity index is 1.80. The van der Waals surface area contributed by atoms with Crippen LogP contribution in [0.4, 0.5) is 5.69 Å². The lowest BCUT2D eigenvalue weighted by molar-refractivity contribution is 0.567. The van der Waals surface area contributed by atoms with Crippen molar-refractivity contribution in [3.8, 4) is 0 Å². The molecule has 0 saturated carbocycles. The van der Waals surface area contributed by atoms with Crippen molar-refractivity contribution < 1.29 is 8.42 Å². The molecule has 1 atom stereocenters. The average Bonchev–Trinajstić information content (AvgIpc) is 2.61. The van der Waals surface area contributed by atoms with Gasteiger partial charge in [-0.3, -0.25) is 4.31 Å². The summed E-state index contributed by atoms with van der Waals surface area (Å²) in [4.78, 5) is 0.532. The molecule has 24 heavy (non-hydrogen) atoms. The van der Waals surface area contributed by atoms with Crippen LogP contribution < -0.4 is 4.31 Å². The monoisotopic (exact) mass is 339 g/mol. The summed E-state index contributed by atoms with van der Waals surface area (Å²) in [7, 11) is -3.50. The van der Waals surface area contributed by atoms with E-state index in [-0.39, 0.29) is 6.04 Å². The molecule has 0 fully saturated rings. The van der Waals surface area contributed by atoms with Crippen molar-refractivity contribution in [1.82, 2.24) is 0 Å². The highest BCUT2D eigenvalue weighted by Crippen LogP contribution is 2.37. The average molecular weight is 339 g/mol. The highest BCUT2D eigenvalue weighted by molar-refractivity contribution is 7.96. The van der Waals surface area contributed by atoms with E-state index >= 15 is 0 Å². The number of benzene rings is 2. The number of fused-ring (bicyclic) bond motifs is 2. The topological polar surface area (TPSA) is 37.4 Å². The van der Waals surface area contributed by atoms with E-state index in [0.717, 1.165) is 36.1 Å². The zero-order valence-corrected chi connectivity index (χ0v) is 14.6. The van der Waals surface area contributed by atoms with E-state index in [2.05, 4.69) is 6.07 Å². The van der Waals surface area contributed by atoms with Gasteiger partial charge in [-0.25, -0.2) is 8.42 Å². The zero-order valence-electron chi connectivity index (χ0n) is 13.8. The molecule has 2 aliphatic rings. The molecule has 0 N–H and O–H groups in total. The summed E-state index contributed by atoms with van der Waals surface area (Å²) in [6.45, 7) is 2.00. The molecule has 4 heteroatoms. The van der Waals surface area contributed by atoms with Crippen molar-refractivity contribution >= 4 is 21.8 Å². The molecule has 124 valence electrons. The Kier molecular flexibility index (Phi) is 3.72. The molecule has 2 aromatic carbocycles. The van der Waals surface area contributed by atoms with E-state index < -0.39 is 10.0 Å². The van der Waals surface area contributed by atoms with Gasteiger partial charge in [0.05, 0.1) is 10.6 Å². The molecule has 1 unspecified atom stereocenters. The van der Waals surface area contributed by atoms with Gasteiger partial charge in [-0.1, -0.05) is 42.5 Å². The molecular weight excluding hydrogens is 318 g/mol. The second-order valence-corrected chi connectivity index (χ2v) is 8.49. The van der Waals surface area contributed by atoms with Crippen LogP contribution in [0.1, 0.15) is 36.5 Å². The number of rotatable bonds is 2. The Hall–Kier alpha value is -2.07. The summed E-state index contributed by atoms with van der Waals surface area (Å²) in [5, 5.41) is 0. The number of nitrogens with zero attached hydrogens (tertiary/aromatic N) is 1. The fraction of sp³-hybridized carbons (Fsp3) is 0.300. The maximum atomic E-state index is 13.4. The smallest absolute Gasteiger partial charge is 0.260 e. The van der Waals surface area contributed by atoms with Crippen LogP contribution in [0.15, 0.2) is 53.4 Å². The van der Waals surface area contributed by atoms with Gasteiger partial charge in [0.15, 0.2) is 0 Å². The van der Waals surface area contributed by atoms with Gasteiger partial charge in [0.25, 0.3) is 10.0 Å². The first-order valence-corrected chi connectivity index (χ1v) is 9.92. The second kappa shape index (κ2) is 5.78. The van der Waals surface area contributed by atoms with Crippen molar-refractivity contribution in [1.29, 1.82) is 0 Å². The predicted octanol–water partition coefficient (Wildman–Crippen LogP) is 4.14. The largest absolute Gasteiger partial charge is 0.264 e. The molecule has 0 amide bonds. The molecule has 0 saturated heterocycles. The normalized spacial score (nSPS) is 20.1. The minimum absolute atomic E-state index is 0.0111. The van der Waals surface area contributed by atoms with Gasteiger partial charge in [0.2, 0.25) is 0 Å². The molecule has 0 bridgehead atoms. The summed E-state index contributed by atoms with van der Waals surface area (Å²) < 4.78 is 28.4. The van der Waals surface area contributed by atoms with Gasteiger partial charge in [0.1, 0.15) is 0 Å². The van der Waals surface area contributed by atoms with Gasteiger partial charge >= 0.3 is 0 Å². The molecule has 1 aliphatic carbocycles. The minimum atomic E-state index is -3.50. The molecule has 4 rings (SSSR count). The molecule has 0 radical (unpaired) electrons. The van der Waals surface area contributed by atoms with Gasteiger partial charge in [-0.2, -0.15) is 0 Å². The number of allylic oxidation sites excluding steroid dienone is 1. The predicted molar refractivity (Wildman–Crippen MR) is 98.4 cm³/mol. The summed E-state index contributed by atoms with van der Waals surface area (Å²) in [5.41, 5.74) is 4.22. The number of sulfonamides is 1. The first-order valence-electron chi connectivity index (χ1n) is 8.48. The first kappa shape index (κ1) is 15.5. The number of para-hydroxylation sites is 1. The van der Waals surface area contributed by atoms with Crippen molar-refractivity contribution in [2.45, 2.75) is 38.6 Å². The highest BCUT2D eigenvalue weighted by atomic mass is 32.2. The second-order valence-electron chi connectivity index (χ2n) is 6.63. The Bertz CT molecular complexity index is 915. The molecular formula is C20H21NO2S. The standard InChI is InChI=1S/C20H21NO2S/c1-15-10-11-17-7-4-5-9-20(17)21(15)24(22,23)19-13-12-16-6-2-3-8-18(16)14-19/h2-9,14-15H,10-13H2,1H3. The molecule has 0 spiro atoms. The van der Waals surface area contributed by atoms with E-state index in [4.69, 9.17) is 0 Å². The Morgan fingerprint density at radius 2 is 1.62 bits per heavy atom. The SMILES string of the molecule is CC1CCc2ccccc2N1S(=O)(=O)C1=Cc2ccccc2CC1. The molecule has 0 aromatic heterocycles. The lowest BCUT2D eigenvalue weighted by Gasteiger charge is -2.37. The molecule has 3 nitrogen and oxygen atoms in total. The maximum Gasteiger partial charge on any atom is 0.260 e. The van der Waals surface area contributed by atoms with Crippen molar-refractivity contribution in [3.05, 3.63) is 70.1 Å². The van der Waals surface area contributed by atoms with Gasteiger partial charge < -0.3 is 0 Å². The summed E-state index contributed by atoms with van der Waals surface area (Å²) in [6, 6.07) is 15.9. The molecule has 1 heterocycles. The minimum Gasteiger partial charge on any atom is -0.264 e. The lowest BCUT2D eigenvalue weighted by Crippen LogP contribution is -2.42. The molecule has 2 aromatic rings. The van der Waals surface area contributed by atoms with Crippen LogP contribution in [-0.4, -0.2) is 14.5 Å². The van der Waals surface area contributed by atoms with Crippen LogP contribution in [0, 0.1) is 0 Å². The first-order chi connectivity index (χ1) is 11.6. The maximum absolute atomic E-state index is 13.4. The van der Waals surface area contributed by atoms with E-state index in [1.165, 1.54) is 5.56 Å². The third kappa shape index (κ3) is 2.46. The van der Waals surface area contributed by atoms with Crippen LogP contribution in [0.2, 0.25) is 0 Å². The summed E-state index contributed by atoms with van der Waals surface area (Å²) >= 11 is 0. The Morgan fingerprint density at radius 3 is 2.46 bits per heavy atom. The van der Waals surface area contributed by atoms with Crippen LogP contribution in [0.3, 0.4) is 0 Å². The Morgan fingerprint density at radius 1 is 0.917 bits per heavy atom. The van der Waals surface area contributed by atoms with Crippen molar-refractivity contribution in [2.24, 2.45) is 0 Å². The highest BCUT2D eigenvalue weighted by Gasteiger charge is 2.35. The fourth-order valence-corrected chi connectivity index (χ4v) is 5.66. The number of aryl methyl sites for hydroxylation is 2. The van der Waals surface area contributed by atoms with E-state index in [0.29, 0.717) is 11.3 Å². The van der Waals surface area contributed by atoms with Crippen molar-refractivity contribution in [3.63, 3.8) is 0 Å². The van der Waals surface area contributed by atoms with Crippen LogP contribution in [0.5, 0.6) is 0 Å². The van der Waals surface area contributed by atoms with E-state index in [1.54, 1.807) is 4.31 Å². The summed E-state index contributed by atoms with van der Waals surface area (Å²) in [5.74, 6) is 0. The lowest BCUT2D eigenvalue weighted by atomic mass is 9.98. The summed E-state index contributed by atoms with van der Waals surface area (Å²) in [6.07, 6.45) is 5.01. The van der Waals surface area contributed by atoms with Gasteiger partial charge in [0, 0.05) is 6.04 Å². The van der Waals surface area contributed by atoms with Crippen molar-refractivity contribution in [2.75, 3.05) is 4.31 Å². The quantitative estimate of drug-likeness (QED) is 0.824. The number of hydrogen-bond acceptors (Lipinski definition) is 2. The van der Waals surface area contributed by atoms with Gasteiger partial charge in [-0.05, 0) is 61.4 Å². The number of anilines is 1. The number of hydrogen-bond donors (Lipinski definition) is 0. The van der Waals surface area contributed by atoms with Crippen LogP contribution >= 0.6 is 0 Å². The van der Waals surface area contributed by atoms with Crippen LogP contribution in [-0.2, 0) is 22.9 Å². The van der Waals surface area contributed by atoms with E-state index in [9.17, 15) is 8.42 Å². The third-order valence-electron chi connectivity index (χ3n) is 5.06. The third-order valence-corrected chi connectivity index (χ3v) is 7.12. The fourth-order valence-electron chi connectivity index (χ4n) is 3.76. The zero-order chi connectivity index (χ0) is 16.7. The van der Waals surface area contributed by atoms with Crippen LogP contribution in [0.25, 0.3) is 6.08 Å². The Labute approximate surface area is 143 Å². The van der Waals surface area contributed by atoms with E-state index in [1.807, 2.05) is 55.5 Å². The van der Waals surface area contributed by atoms with Gasteiger partial charge in [-0.15, -0.1) is 0 Å².